The van der Waals surface area contributed by atoms with Crippen LogP contribution in [0, 0.1) is 0 Å². The average Bonchev–Trinajstić information content (AvgIpc) is 2.10. The van der Waals surface area contributed by atoms with Crippen LogP contribution in [0.5, 0.6) is 0 Å². The fraction of sp³-hybridized carbons (Fsp3) is 0.714. The smallest absolute Gasteiger partial charge is 0.344 e. The van der Waals surface area contributed by atoms with E-state index in [-0.39, 0.29) is 13.2 Å². The molecule has 0 aliphatic carbocycles. The molecule has 0 N–H and O–H groups in total. The van der Waals surface area contributed by atoms with Crippen LogP contribution in [0.1, 0.15) is 6.92 Å². The number of hydrogen-bond acceptors (Lipinski definition) is 5. The van der Waals surface area contributed by atoms with Gasteiger partial charge in [0.2, 0.25) is 0 Å². The molecule has 0 aromatic rings. The van der Waals surface area contributed by atoms with Crippen LogP contribution in [-0.4, -0.2) is 38.9 Å². The number of hydrogen-bond donors (Lipinski definition) is 0. The molecule has 0 aromatic carbocycles. The van der Waals surface area contributed by atoms with E-state index in [1.807, 2.05) is 0 Å². The van der Waals surface area contributed by atoms with Gasteiger partial charge >= 0.3 is 11.9 Å². The van der Waals surface area contributed by atoms with Gasteiger partial charge in [0.05, 0.1) is 7.11 Å². The maximum absolute atomic E-state index is 10.7. The van der Waals surface area contributed by atoms with E-state index in [1.165, 1.54) is 7.11 Å². The molecule has 0 amide bonds. The summed E-state index contributed by atoms with van der Waals surface area (Å²) in [5.74, 6) is -1.15. The quantitative estimate of drug-likeness (QED) is 0.540. The van der Waals surface area contributed by atoms with Crippen molar-refractivity contribution in [1.29, 1.82) is 0 Å². The van der Waals surface area contributed by atoms with Gasteiger partial charge in [-0.1, -0.05) is 0 Å². The molecule has 5 heteroatoms. The van der Waals surface area contributed by atoms with Crippen LogP contribution in [0.3, 0.4) is 0 Å². The largest absolute Gasteiger partial charge is 0.466 e. The number of carbonyl (C=O) groups is 2. The Labute approximate surface area is 70.6 Å². The van der Waals surface area contributed by atoms with Crippen LogP contribution < -0.4 is 0 Å². The van der Waals surface area contributed by atoms with E-state index >= 15 is 0 Å². The van der Waals surface area contributed by atoms with Crippen LogP contribution in [0.15, 0.2) is 0 Å². The van der Waals surface area contributed by atoms with E-state index in [4.69, 9.17) is 4.74 Å². The maximum atomic E-state index is 10.7. The summed E-state index contributed by atoms with van der Waals surface area (Å²) in [6.45, 7) is 1.71. The molecular weight excluding hydrogens is 164 g/mol. The zero-order chi connectivity index (χ0) is 9.40. The summed E-state index contributed by atoms with van der Waals surface area (Å²) in [4.78, 5) is 21.1. The Bertz CT molecular complexity index is 154. The Hall–Kier alpha value is -1.10. The van der Waals surface area contributed by atoms with Gasteiger partial charge < -0.3 is 14.2 Å². The molecule has 0 unspecified atom stereocenters. The predicted octanol–water partition coefficient (Wildman–Crippen LogP) is -0.261. The van der Waals surface area contributed by atoms with Crippen molar-refractivity contribution in [2.75, 3.05) is 26.9 Å². The summed E-state index contributed by atoms with van der Waals surface area (Å²) in [6.07, 6.45) is 0. The average molecular weight is 176 g/mol. The standard InChI is InChI=1S/C7H12O5/c1-3-11-4-7(9)12-5-6(8)10-2/h3-5H2,1-2H3. The number of ether oxygens (including phenoxy) is 3. The molecule has 0 rings (SSSR count). The van der Waals surface area contributed by atoms with E-state index in [2.05, 4.69) is 9.47 Å². The highest BCUT2D eigenvalue weighted by Crippen LogP contribution is 1.83. The lowest BCUT2D eigenvalue weighted by atomic mass is 10.7. The Morgan fingerprint density at radius 2 is 1.83 bits per heavy atom. The highest BCUT2D eigenvalue weighted by Gasteiger charge is 2.06. The number of rotatable bonds is 5. The lowest BCUT2D eigenvalue weighted by molar-refractivity contribution is -0.159. The molecule has 12 heavy (non-hydrogen) atoms. The van der Waals surface area contributed by atoms with Crippen molar-refractivity contribution in [2.24, 2.45) is 0 Å². The second-order valence-electron chi connectivity index (χ2n) is 1.87. The molecule has 0 atom stereocenters. The molecule has 0 aromatic heterocycles. The first-order valence-electron chi connectivity index (χ1n) is 3.50. The molecule has 0 fully saturated rings. The van der Waals surface area contributed by atoms with Crippen molar-refractivity contribution in [1.82, 2.24) is 0 Å². The maximum Gasteiger partial charge on any atom is 0.344 e. The second-order valence-corrected chi connectivity index (χ2v) is 1.87. The lowest BCUT2D eigenvalue weighted by Gasteiger charge is -2.02. The van der Waals surface area contributed by atoms with E-state index in [0.717, 1.165) is 0 Å². The first-order valence-corrected chi connectivity index (χ1v) is 3.50. The molecule has 0 heterocycles. The monoisotopic (exact) mass is 176 g/mol. The van der Waals surface area contributed by atoms with Crippen molar-refractivity contribution < 1.29 is 23.8 Å². The SMILES string of the molecule is CCOCC(=O)OCC(=O)OC. The van der Waals surface area contributed by atoms with Gasteiger partial charge in [0.15, 0.2) is 6.61 Å². The number of carbonyl (C=O) groups excluding carboxylic acids is 2. The third-order valence-corrected chi connectivity index (χ3v) is 1.00. The van der Waals surface area contributed by atoms with Gasteiger partial charge in [0, 0.05) is 6.61 Å². The van der Waals surface area contributed by atoms with Crippen molar-refractivity contribution in [2.45, 2.75) is 6.92 Å². The van der Waals surface area contributed by atoms with Gasteiger partial charge in [-0.3, -0.25) is 0 Å². The third-order valence-electron chi connectivity index (χ3n) is 1.00. The lowest BCUT2D eigenvalue weighted by Crippen LogP contribution is -2.18. The summed E-state index contributed by atoms with van der Waals surface area (Å²) < 4.78 is 13.4. The summed E-state index contributed by atoms with van der Waals surface area (Å²) in [5, 5.41) is 0. The molecule has 0 aliphatic heterocycles. The summed E-state index contributed by atoms with van der Waals surface area (Å²) in [6, 6.07) is 0. The van der Waals surface area contributed by atoms with E-state index in [1.54, 1.807) is 6.92 Å². The normalized spacial score (nSPS) is 9.17. The fourth-order valence-electron chi connectivity index (χ4n) is 0.425. The fourth-order valence-corrected chi connectivity index (χ4v) is 0.425. The minimum Gasteiger partial charge on any atom is -0.466 e. The summed E-state index contributed by atoms with van der Waals surface area (Å²) in [5.41, 5.74) is 0. The van der Waals surface area contributed by atoms with E-state index < -0.39 is 11.9 Å². The van der Waals surface area contributed by atoms with Crippen molar-refractivity contribution in [3.05, 3.63) is 0 Å². The second kappa shape index (κ2) is 6.60. The Balaban J connectivity index is 3.37. The molecular formula is C7H12O5. The van der Waals surface area contributed by atoms with Crippen molar-refractivity contribution >= 4 is 11.9 Å². The first-order chi connectivity index (χ1) is 5.70. The molecule has 0 bridgehead atoms. The van der Waals surface area contributed by atoms with Gasteiger partial charge in [0.1, 0.15) is 6.61 Å². The third kappa shape index (κ3) is 5.67. The van der Waals surface area contributed by atoms with Crippen molar-refractivity contribution in [3.8, 4) is 0 Å². The first kappa shape index (κ1) is 10.9. The van der Waals surface area contributed by atoms with Gasteiger partial charge in [-0.15, -0.1) is 0 Å². The van der Waals surface area contributed by atoms with Crippen molar-refractivity contribution in [3.63, 3.8) is 0 Å². The van der Waals surface area contributed by atoms with Crippen LogP contribution in [0.25, 0.3) is 0 Å². The van der Waals surface area contributed by atoms with Crippen LogP contribution in [0.2, 0.25) is 0 Å². The van der Waals surface area contributed by atoms with Gasteiger partial charge in [-0.2, -0.15) is 0 Å². The Kier molecular flexibility index (Phi) is 6.00. The molecule has 0 spiro atoms. The van der Waals surface area contributed by atoms with Crippen LogP contribution in [0.4, 0.5) is 0 Å². The van der Waals surface area contributed by atoms with Crippen LogP contribution in [-0.2, 0) is 23.8 Å². The Morgan fingerprint density at radius 1 is 1.17 bits per heavy atom. The van der Waals surface area contributed by atoms with E-state index in [0.29, 0.717) is 6.61 Å². The molecule has 0 radical (unpaired) electrons. The summed E-state index contributed by atoms with van der Waals surface area (Å²) >= 11 is 0. The number of methoxy groups -OCH3 is 1. The minimum absolute atomic E-state index is 0.131. The van der Waals surface area contributed by atoms with Gasteiger partial charge in [-0.05, 0) is 6.92 Å². The van der Waals surface area contributed by atoms with Gasteiger partial charge in [0.25, 0.3) is 0 Å². The topological polar surface area (TPSA) is 61.8 Å². The minimum atomic E-state index is -0.583. The Morgan fingerprint density at radius 3 is 2.33 bits per heavy atom. The highest BCUT2D eigenvalue weighted by molar-refractivity contribution is 5.76. The van der Waals surface area contributed by atoms with E-state index in [9.17, 15) is 9.59 Å². The van der Waals surface area contributed by atoms with Crippen LogP contribution >= 0.6 is 0 Å². The molecule has 5 nitrogen and oxygen atoms in total. The number of esters is 2. The molecule has 0 aliphatic rings. The highest BCUT2D eigenvalue weighted by atomic mass is 16.6. The zero-order valence-electron chi connectivity index (χ0n) is 7.16. The zero-order valence-corrected chi connectivity index (χ0v) is 7.16. The molecule has 0 saturated heterocycles. The predicted molar refractivity (Wildman–Crippen MR) is 39.5 cm³/mol. The summed E-state index contributed by atoms with van der Waals surface area (Å²) in [7, 11) is 1.22. The van der Waals surface area contributed by atoms with Gasteiger partial charge in [-0.25, -0.2) is 9.59 Å². The molecule has 70 valence electrons. The molecule has 0 saturated carbocycles.